The lowest BCUT2D eigenvalue weighted by molar-refractivity contribution is 0.462. The number of phenols is 1. The van der Waals surface area contributed by atoms with Gasteiger partial charge in [0.1, 0.15) is 5.75 Å². The molecule has 80 valence electrons. The summed E-state index contributed by atoms with van der Waals surface area (Å²) in [5, 5.41) is 10.2. The first-order chi connectivity index (χ1) is 6.06. The average Bonchev–Trinajstić information content (AvgIpc) is 2.02. The average molecular weight is 258 g/mol. The predicted molar refractivity (Wildman–Crippen MR) is 61.4 cm³/mol. The maximum atomic E-state index is 9.47. The third-order valence-electron chi connectivity index (χ3n) is 1.70. The topological polar surface area (TPSA) is 72.3 Å². The summed E-state index contributed by atoms with van der Waals surface area (Å²) in [5.74, 6) is -0.0181. The van der Waals surface area contributed by atoms with Gasteiger partial charge in [-0.1, -0.05) is 23.2 Å². The molecule has 0 aromatic heterocycles. The van der Waals surface area contributed by atoms with Crippen LogP contribution in [0.2, 0.25) is 10.0 Å². The zero-order valence-corrected chi connectivity index (χ0v) is 9.53. The number of phenolic OH excluding ortho intramolecular Hbond substituents is 1. The van der Waals surface area contributed by atoms with E-state index >= 15 is 0 Å². The van der Waals surface area contributed by atoms with Crippen LogP contribution in [-0.2, 0) is 0 Å². The Kier molecular flexibility index (Phi) is 5.56. The van der Waals surface area contributed by atoms with Crippen molar-refractivity contribution in [1.82, 2.24) is 0 Å². The highest BCUT2D eigenvalue weighted by atomic mass is 35.5. The molecule has 0 saturated heterocycles. The first-order valence-corrected chi connectivity index (χ1v) is 4.45. The predicted octanol–water partition coefficient (Wildman–Crippen LogP) is 2.08. The summed E-state index contributed by atoms with van der Waals surface area (Å²) < 4.78 is 0. The van der Waals surface area contributed by atoms with Crippen LogP contribution in [0.1, 0.15) is 11.6 Å². The number of nitrogens with two attached hydrogens (primary N) is 2. The third-order valence-corrected chi connectivity index (χ3v) is 2.23. The Labute approximate surface area is 98.4 Å². The van der Waals surface area contributed by atoms with Crippen LogP contribution < -0.4 is 11.5 Å². The van der Waals surface area contributed by atoms with E-state index in [0.29, 0.717) is 15.6 Å². The summed E-state index contributed by atoms with van der Waals surface area (Å²) in [6.07, 6.45) is 0. The molecule has 0 radical (unpaired) electrons. The van der Waals surface area contributed by atoms with Crippen LogP contribution in [0.3, 0.4) is 0 Å². The summed E-state index contributed by atoms with van der Waals surface area (Å²) >= 11 is 11.5. The normalized spacial score (nSPS) is 12.0. The number of benzene rings is 1. The first-order valence-electron chi connectivity index (χ1n) is 3.69. The molecule has 0 saturated carbocycles. The molecule has 14 heavy (non-hydrogen) atoms. The van der Waals surface area contributed by atoms with Gasteiger partial charge in [0.2, 0.25) is 0 Å². The molecule has 6 heteroatoms. The van der Waals surface area contributed by atoms with E-state index in [-0.39, 0.29) is 24.7 Å². The third kappa shape index (κ3) is 2.90. The van der Waals surface area contributed by atoms with E-state index in [1.54, 1.807) is 0 Å². The molecule has 0 unspecified atom stereocenters. The van der Waals surface area contributed by atoms with E-state index in [9.17, 15) is 5.11 Å². The maximum Gasteiger partial charge on any atom is 0.123 e. The zero-order chi connectivity index (χ0) is 10.0. The molecule has 5 N–H and O–H groups in total. The van der Waals surface area contributed by atoms with Crippen LogP contribution in [0, 0.1) is 0 Å². The van der Waals surface area contributed by atoms with Crippen LogP contribution in [0.4, 0.5) is 0 Å². The Bertz CT molecular complexity index is 296. The number of aromatic hydroxyl groups is 1. The summed E-state index contributed by atoms with van der Waals surface area (Å²) in [5.41, 5.74) is 11.4. The molecule has 1 aromatic rings. The van der Waals surface area contributed by atoms with Crippen LogP contribution in [0.25, 0.3) is 0 Å². The molecular formula is C8H11Cl3N2O. The highest BCUT2D eigenvalue weighted by molar-refractivity contribution is 6.35. The molecule has 0 spiro atoms. The smallest absolute Gasteiger partial charge is 0.123 e. The van der Waals surface area contributed by atoms with Gasteiger partial charge in [-0.05, 0) is 12.1 Å². The largest absolute Gasteiger partial charge is 0.507 e. The minimum absolute atomic E-state index is 0. The Morgan fingerprint density at radius 2 is 1.93 bits per heavy atom. The van der Waals surface area contributed by atoms with Gasteiger partial charge in [-0.25, -0.2) is 0 Å². The Balaban J connectivity index is 0.00000169. The highest BCUT2D eigenvalue weighted by Gasteiger charge is 2.14. The molecule has 0 aliphatic carbocycles. The van der Waals surface area contributed by atoms with E-state index < -0.39 is 6.04 Å². The zero-order valence-electron chi connectivity index (χ0n) is 7.21. The van der Waals surface area contributed by atoms with Crippen molar-refractivity contribution in [3.05, 3.63) is 27.7 Å². The van der Waals surface area contributed by atoms with Gasteiger partial charge in [-0.15, -0.1) is 12.4 Å². The second kappa shape index (κ2) is 5.63. The van der Waals surface area contributed by atoms with Crippen molar-refractivity contribution in [3.8, 4) is 5.75 Å². The van der Waals surface area contributed by atoms with Crippen molar-refractivity contribution >= 4 is 35.6 Å². The molecule has 0 amide bonds. The quantitative estimate of drug-likeness (QED) is 0.759. The lowest BCUT2D eigenvalue weighted by atomic mass is 10.1. The molecule has 1 aromatic carbocycles. The van der Waals surface area contributed by atoms with Gasteiger partial charge in [0.05, 0.1) is 5.02 Å². The number of rotatable bonds is 2. The standard InChI is InChI=1S/C8H10Cl2N2O.ClH/c9-4-1-5(10)8(6(12)3-11)7(13)2-4;/h1-2,6,13H,3,11-12H2;1H/t6-;/m1./s1. The maximum absolute atomic E-state index is 9.47. The van der Waals surface area contributed by atoms with Gasteiger partial charge < -0.3 is 16.6 Å². The fourth-order valence-electron chi connectivity index (χ4n) is 1.06. The van der Waals surface area contributed by atoms with Gasteiger partial charge in [0.15, 0.2) is 0 Å². The van der Waals surface area contributed by atoms with Crippen LogP contribution in [-0.4, -0.2) is 11.7 Å². The summed E-state index contributed by atoms with van der Waals surface area (Å²) in [4.78, 5) is 0. The SMILES string of the molecule is Cl.NC[C@@H](N)c1c(O)cc(Cl)cc1Cl. The molecule has 0 fully saturated rings. The Morgan fingerprint density at radius 1 is 1.36 bits per heavy atom. The Morgan fingerprint density at radius 3 is 2.36 bits per heavy atom. The minimum Gasteiger partial charge on any atom is -0.507 e. The second-order valence-electron chi connectivity index (χ2n) is 2.66. The molecule has 0 heterocycles. The van der Waals surface area contributed by atoms with Crippen LogP contribution >= 0.6 is 35.6 Å². The van der Waals surface area contributed by atoms with Crippen molar-refractivity contribution in [2.24, 2.45) is 11.5 Å². The van der Waals surface area contributed by atoms with Gasteiger partial charge in [-0.2, -0.15) is 0 Å². The number of hydrogen-bond acceptors (Lipinski definition) is 3. The molecule has 0 aliphatic heterocycles. The van der Waals surface area contributed by atoms with Gasteiger partial charge in [-0.3, -0.25) is 0 Å². The van der Waals surface area contributed by atoms with Crippen molar-refractivity contribution in [1.29, 1.82) is 0 Å². The van der Waals surface area contributed by atoms with Crippen molar-refractivity contribution < 1.29 is 5.11 Å². The lowest BCUT2D eigenvalue weighted by Gasteiger charge is -2.13. The van der Waals surface area contributed by atoms with Crippen LogP contribution in [0.5, 0.6) is 5.75 Å². The molecule has 1 rings (SSSR count). The fraction of sp³-hybridized carbons (Fsp3) is 0.250. The number of halogens is 3. The van der Waals surface area contributed by atoms with Gasteiger partial charge in [0, 0.05) is 23.2 Å². The summed E-state index contributed by atoms with van der Waals surface area (Å²) in [6, 6.07) is 2.44. The molecule has 3 nitrogen and oxygen atoms in total. The van der Waals surface area contributed by atoms with Gasteiger partial charge in [0.25, 0.3) is 0 Å². The van der Waals surface area contributed by atoms with E-state index in [1.165, 1.54) is 12.1 Å². The van der Waals surface area contributed by atoms with E-state index in [1.807, 2.05) is 0 Å². The van der Waals surface area contributed by atoms with E-state index in [4.69, 9.17) is 34.7 Å². The summed E-state index contributed by atoms with van der Waals surface area (Å²) in [7, 11) is 0. The molecular weight excluding hydrogens is 246 g/mol. The highest BCUT2D eigenvalue weighted by Crippen LogP contribution is 2.33. The van der Waals surface area contributed by atoms with Crippen molar-refractivity contribution in [2.45, 2.75) is 6.04 Å². The monoisotopic (exact) mass is 256 g/mol. The minimum atomic E-state index is -0.468. The van der Waals surface area contributed by atoms with E-state index in [0.717, 1.165) is 0 Å². The molecule has 0 aliphatic rings. The Hall–Kier alpha value is -0.190. The van der Waals surface area contributed by atoms with Crippen molar-refractivity contribution in [2.75, 3.05) is 6.54 Å². The fourth-order valence-corrected chi connectivity index (χ4v) is 1.68. The first kappa shape index (κ1) is 13.8. The van der Waals surface area contributed by atoms with Gasteiger partial charge >= 0.3 is 0 Å². The molecule has 0 bridgehead atoms. The number of hydrogen-bond donors (Lipinski definition) is 3. The lowest BCUT2D eigenvalue weighted by Crippen LogP contribution is -2.21. The van der Waals surface area contributed by atoms with E-state index in [2.05, 4.69) is 0 Å². The van der Waals surface area contributed by atoms with Crippen molar-refractivity contribution in [3.63, 3.8) is 0 Å². The molecule has 1 atom stereocenters. The second-order valence-corrected chi connectivity index (χ2v) is 3.51. The summed E-state index contributed by atoms with van der Waals surface area (Å²) in [6.45, 7) is 0.217. The van der Waals surface area contributed by atoms with Crippen LogP contribution in [0.15, 0.2) is 12.1 Å².